The van der Waals surface area contributed by atoms with Gasteiger partial charge in [-0.3, -0.25) is 4.79 Å². The molecule has 3 rings (SSSR count). The Bertz CT molecular complexity index is 1310. The van der Waals surface area contributed by atoms with Crippen LogP contribution in [0.5, 0.6) is 0 Å². The molecule has 3 atom stereocenters. The second kappa shape index (κ2) is 11.2. The number of benzene rings is 1. The standard InChI is InChI=1S/C24H22F4N6O3S/c1-2-14-15(10-29)19(34-9-8-18(31)17(25)12-34)33-20(16(14)11-30)38-23(21(32)35,13-6-4-3-5-7-13)37-22(36)24(26,27)28/h3-7,17-18H,2,8-9,12,31H2,1H3,(H2,32,35)/t17-,18+,23+/m1/s1. The molecule has 200 valence electrons. The van der Waals surface area contributed by atoms with Gasteiger partial charge in [-0.2, -0.15) is 23.7 Å². The van der Waals surface area contributed by atoms with Crippen molar-refractivity contribution in [2.45, 2.75) is 48.1 Å². The Kier molecular flexibility index (Phi) is 8.49. The molecule has 2 heterocycles. The highest BCUT2D eigenvalue weighted by molar-refractivity contribution is 8.00. The maximum absolute atomic E-state index is 14.5. The second-order valence-corrected chi connectivity index (χ2v) is 9.46. The maximum Gasteiger partial charge on any atom is 0.491 e. The second-order valence-electron chi connectivity index (χ2n) is 8.30. The summed E-state index contributed by atoms with van der Waals surface area (Å²) in [5.74, 6) is -4.22. The Balaban J connectivity index is 2.28. The van der Waals surface area contributed by atoms with Gasteiger partial charge < -0.3 is 21.1 Å². The van der Waals surface area contributed by atoms with Crippen molar-refractivity contribution >= 4 is 29.5 Å². The van der Waals surface area contributed by atoms with E-state index in [1.165, 1.54) is 35.2 Å². The van der Waals surface area contributed by atoms with Gasteiger partial charge in [0.15, 0.2) is 0 Å². The first-order valence-corrected chi connectivity index (χ1v) is 12.1. The molecule has 0 unspecified atom stereocenters. The largest absolute Gasteiger partial charge is 0.491 e. The molecule has 0 aliphatic carbocycles. The van der Waals surface area contributed by atoms with Gasteiger partial charge in [-0.15, -0.1) is 0 Å². The summed E-state index contributed by atoms with van der Waals surface area (Å²) in [7, 11) is 0. The molecule has 1 saturated heterocycles. The summed E-state index contributed by atoms with van der Waals surface area (Å²) in [5, 5.41) is 19.5. The van der Waals surface area contributed by atoms with Crippen molar-refractivity contribution in [1.29, 1.82) is 10.5 Å². The normalized spacial score (nSPS) is 19.1. The molecule has 0 spiro atoms. The van der Waals surface area contributed by atoms with E-state index in [9.17, 15) is 37.7 Å². The van der Waals surface area contributed by atoms with Crippen LogP contribution in [0.3, 0.4) is 0 Å². The van der Waals surface area contributed by atoms with Crippen molar-refractivity contribution in [3.8, 4) is 12.1 Å². The van der Waals surface area contributed by atoms with Crippen LogP contribution in [0.2, 0.25) is 0 Å². The molecule has 1 aromatic carbocycles. The molecule has 2 aromatic rings. The van der Waals surface area contributed by atoms with Crippen molar-refractivity contribution in [1.82, 2.24) is 4.98 Å². The van der Waals surface area contributed by atoms with E-state index in [0.717, 1.165) is 0 Å². The predicted octanol–water partition coefficient (Wildman–Crippen LogP) is 2.80. The third-order valence-electron chi connectivity index (χ3n) is 5.90. The number of thioether (sulfide) groups is 1. The topological polar surface area (TPSA) is 159 Å². The van der Waals surface area contributed by atoms with Gasteiger partial charge in [0.2, 0.25) is 0 Å². The van der Waals surface area contributed by atoms with Crippen LogP contribution >= 0.6 is 11.8 Å². The lowest BCUT2D eigenvalue weighted by atomic mass is 9.99. The number of carbonyl (C=O) groups excluding carboxylic acids is 2. The number of amides is 1. The minimum atomic E-state index is -5.48. The monoisotopic (exact) mass is 550 g/mol. The smallest absolute Gasteiger partial charge is 0.427 e. The molecule has 1 fully saturated rings. The first-order chi connectivity index (χ1) is 17.9. The van der Waals surface area contributed by atoms with Crippen molar-refractivity contribution in [2.24, 2.45) is 11.5 Å². The fraction of sp³-hybridized carbons (Fsp3) is 0.375. The first kappa shape index (κ1) is 28.7. The zero-order valence-electron chi connectivity index (χ0n) is 20.0. The van der Waals surface area contributed by atoms with Gasteiger partial charge in [0.05, 0.1) is 17.7 Å². The molecule has 0 radical (unpaired) electrons. The average Bonchev–Trinajstić information content (AvgIpc) is 2.88. The number of nitrogens with two attached hydrogens (primary N) is 2. The molecule has 14 heteroatoms. The summed E-state index contributed by atoms with van der Waals surface area (Å²) in [6, 6.07) is 9.81. The summed E-state index contributed by atoms with van der Waals surface area (Å²) in [4.78, 5) is 27.7. The third-order valence-corrected chi connectivity index (χ3v) is 7.20. The van der Waals surface area contributed by atoms with Crippen molar-refractivity contribution in [3.63, 3.8) is 0 Å². The molecular weight excluding hydrogens is 528 g/mol. The molecule has 1 aliphatic heterocycles. The summed E-state index contributed by atoms with van der Waals surface area (Å²) < 4.78 is 58.9. The average molecular weight is 551 g/mol. The molecule has 4 N–H and O–H groups in total. The summed E-state index contributed by atoms with van der Waals surface area (Å²) >= 11 is 0.216. The number of nitriles is 2. The molecule has 0 bridgehead atoms. The number of hydrogen-bond donors (Lipinski definition) is 2. The van der Waals surface area contributed by atoms with Crippen LogP contribution in [0.15, 0.2) is 35.4 Å². The number of halogens is 4. The van der Waals surface area contributed by atoms with Gasteiger partial charge >= 0.3 is 12.1 Å². The number of esters is 1. The quantitative estimate of drug-likeness (QED) is 0.229. The van der Waals surface area contributed by atoms with Crippen LogP contribution in [0, 0.1) is 22.7 Å². The van der Waals surface area contributed by atoms with E-state index >= 15 is 0 Å². The van der Waals surface area contributed by atoms with E-state index in [1.54, 1.807) is 6.92 Å². The van der Waals surface area contributed by atoms with Crippen molar-refractivity contribution in [3.05, 3.63) is 52.6 Å². The van der Waals surface area contributed by atoms with Crippen LogP contribution in [-0.2, 0) is 25.7 Å². The molecule has 0 saturated carbocycles. The number of carbonyl (C=O) groups is 2. The van der Waals surface area contributed by atoms with E-state index in [2.05, 4.69) is 4.98 Å². The number of aromatic nitrogens is 1. The van der Waals surface area contributed by atoms with E-state index in [4.69, 9.17) is 16.2 Å². The lowest BCUT2D eigenvalue weighted by Gasteiger charge is -2.35. The molecular formula is C24H22F4N6O3S. The molecule has 1 aromatic heterocycles. The van der Waals surface area contributed by atoms with E-state index < -0.39 is 35.2 Å². The predicted molar refractivity (Wildman–Crippen MR) is 128 cm³/mol. The van der Waals surface area contributed by atoms with Gasteiger partial charge in [0, 0.05) is 18.2 Å². The number of alkyl halides is 4. The lowest BCUT2D eigenvalue weighted by Crippen LogP contribution is -2.49. The van der Waals surface area contributed by atoms with Crippen molar-refractivity contribution in [2.75, 3.05) is 18.0 Å². The lowest BCUT2D eigenvalue weighted by molar-refractivity contribution is -0.208. The summed E-state index contributed by atoms with van der Waals surface area (Å²) in [5.41, 5.74) is 11.0. The highest BCUT2D eigenvalue weighted by Crippen LogP contribution is 2.46. The van der Waals surface area contributed by atoms with Crippen LogP contribution < -0.4 is 16.4 Å². The Morgan fingerprint density at radius 1 is 1.21 bits per heavy atom. The molecule has 9 nitrogen and oxygen atoms in total. The number of piperidine rings is 1. The van der Waals surface area contributed by atoms with Crippen LogP contribution in [0.1, 0.15) is 35.6 Å². The minimum absolute atomic E-state index is 0.0345. The Morgan fingerprint density at radius 2 is 1.84 bits per heavy atom. The fourth-order valence-electron chi connectivity index (χ4n) is 3.97. The summed E-state index contributed by atoms with van der Waals surface area (Å²) in [6.07, 6.45) is -6.61. The SMILES string of the molecule is CCc1c(C#N)c(S[C@](OC(=O)C(F)(F)F)(C(N)=O)c2ccccc2)nc(N2CC[C@H](N)[C@H](F)C2)c1C#N. The van der Waals surface area contributed by atoms with Gasteiger partial charge in [-0.25, -0.2) is 14.2 Å². The number of hydrogen-bond acceptors (Lipinski definition) is 9. The van der Waals surface area contributed by atoms with Gasteiger partial charge in [-0.05, 0) is 30.2 Å². The third kappa shape index (κ3) is 5.51. The zero-order chi connectivity index (χ0) is 28.3. The zero-order valence-corrected chi connectivity index (χ0v) is 20.8. The number of anilines is 1. The van der Waals surface area contributed by atoms with Gasteiger partial charge in [-0.1, -0.05) is 37.3 Å². The number of pyridine rings is 1. The Hall–Kier alpha value is -3.88. The van der Waals surface area contributed by atoms with Crippen LogP contribution in [0.25, 0.3) is 0 Å². The highest BCUT2D eigenvalue weighted by atomic mass is 32.2. The van der Waals surface area contributed by atoms with Crippen molar-refractivity contribution < 1.29 is 31.9 Å². The first-order valence-electron chi connectivity index (χ1n) is 11.3. The number of ether oxygens (including phenoxy) is 1. The number of primary amides is 1. The molecule has 1 aliphatic rings. The Labute approximate surface area is 219 Å². The van der Waals surface area contributed by atoms with Gasteiger partial charge in [0.1, 0.15) is 29.2 Å². The van der Waals surface area contributed by atoms with E-state index in [-0.39, 0.29) is 70.8 Å². The highest BCUT2D eigenvalue weighted by Gasteiger charge is 2.52. The maximum atomic E-state index is 14.5. The fourth-order valence-corrected chi connectivity index (χ4v) is 5.11. The van der Waals surface area contributed by atoms with Gasteiger partial charge in [0.25, 0.3) is 10.8 Å². The summed E-state index contributed by atoms with van der Waals surface area (Å²) in [6.45, 7) is 1.59. The van der Waals surface area contributed by atoms with Crippen LogP contribution in [-0.4, -0.2) is 48.3 Å². The van der Waals surface area contributed by atoms with E-state index in [1.807, 2.05) is 12.1 Å². The van der Waals surface area contributed by atoms with E-state index in [0.29, 0.717) is 0 Å². The molecule has 38 heavy (non-hydrogen) atoms. The number of nitrogens with zero attached hydrogens (tertiary/aromatic N) is 4. The Morgan fingerprint density at radius 3 is 2.34 bits per heavy atom. The molecule has 1 amide bonds. The minimum Gasteiger partial charge on any atom is -0.427 e. The number of rotatable bonds is 7. The van der Waals surface area contributed by atoms with Crippen LogP contribution in [0.4, 0.5) is 23.4 Å².